The molecule has 0 saturated carbocycles. The molecule has 0 aliphatic carbocycles. The Kier molecular flexibility index (Phi) is 9.20. The molecule has 7 nitrogen and oxygen atoms in total. The van der Waals surface area contributed by atoms with Crippen LogP contribution in [0.1, 0.15) is 0 Å². The van der Waals surface area contributed by atoms with E-state index in [1.54, 1.807) is 0 Å². The van der Waals surface area contributed by atoms with Crippen molar-refractivity contribution in [2.24, 2.45) is 0 Å². The smallest absolute Gasteiger partial charge is 0.166 e. The molecule has 5 aromatic heterocycles. The van der Waals surface area contributed by atoms with Gasteiger partial charge in [-0.15, -0.1) is 0 Å². The number of hydrogen-bond donors (Lipinski definition) is 0. The van der Waals surface area contributed by atoms with E-state index in [-0.39, 0.29) is 0 Å². The van der Waals surface area contributed by atoms with Crippen LogP contribution in [-0.2, 0) is 0 Å². The average Bonchev–Trinajstić information content (AvgIpc) is 4.24. The highest BCUT2D eigenvalue weighted by molar-refractivity contribution is 6.30. The number of benzene rings is 11. The average molecular weight is 970 g/mol. The van der Waals surface area contributed by atoms with Gasteiger partial charge in [-0.05, 0) is 84.9 Å². The lowest BCUT2D eigenvalue weighted by molar-refractivity contribution is 1.07. The van der Waals surface area contributed by atoms with Crippen LogP contribution < -0.4 is 0 Å². The lowest BCUT2D eigenvalue weighted by Crippen LogP contribution is -2.02. The van der Waals surface area contributed by atoms with E-state index in [1.807, 2.05) is 36.4 Å². The second-order valence-corrected chi connectivity index (χ2v) is 19.5. The van der Waals surface area contributed by atoms with E-state index in [4.69, 9.17) is 15.0 Å². The number of fused-ring (bicyclic) bond motifs is 14. The van der Waals surface area contributed by atoms with Gasteiger partial charge < -0.3 is 18.3 Å². The maximum atomic E-state index is 5.42. The summed E-state index contributed by atoms with van der Waals surface area (Å²) >= 11 is 0. The van der Waals surface area contributed by atoms with E-state index >= 15 is 0 Å². The quantitative estimate of drug-likeness (QED) is 0.160. The highest BCUT2D eigenvalue weighted by Crippen LogP contribution is 2.48. The van der Waals surface area contributed by atoms with Gasteiger partial charge in [0.25, 0.3) is 0 Å². The van der Waals surface area contributed by atoms with Crippen LogP contribution in [0.3, 0.4) is 0 Å². The molecule has 0 bridgehead atoms. The van der Waals surface area contributed by atoms with Crippen molar-refractivity contribution in [3.63, 3.8) is 0 Å². The second kappa shape index (κ2) is 16.6. The molecule has 11 aromatic carbocycles. The van der Waals surface area contributed by atoms with Crippen LogP contribution in [0, 0.1) is 0 Å². The minimum absolute atomic E-state index is 0.601. The molecule has 0 atom stereocenters. The summed E-state index contributed by atoms with van der Waals surface area (Å²) < 4.78 is 9.82. The van der Waals surface area contributed by atoms with E-state index in [1.165, 1.54) is 32.6 Å². The summed E-state index contributed by atoms with van der Waals surface area (Å²) in [6.45, 7) is 0. The fraction of sp³-hybridized carbons (Fsp3) is 0. The lowest BCUT2D eigenvalue weighted by atomic mass is 10.0. The van der Waals surface area contributed by atoms with E-state index in [9.17, 15) is 0 Å². The third kappa shape index (κ3) is 6.20. The zero-order valence-electron chi connectivity index (χ0n) is 41.0. The van der Waals surface area contributed by atoms with Crippen LogP contribution in [0.4, 0.5) is 0 Å². The minimum Gasteiger partial charge on any atom is -0.309 e. The number of aromatic nitrogens is 7. The number of para-hydroxylation sites is 6. The number of rotatable bonds is 7. The van der Waals surface area contributed by atoms with E-state index in [0.29, 0.717) is 17.5 Å². The summed E-state index contributed by atoms with van der Waals surface area (Å²) in [6.07, 6.45) is 0. The van der Waals surface area contributed by atoms with Gasteiger partial charge in [-0.2, -0.15) is 0 Å². The van der Waals surface area contributed by atoms with Crippen molar-refractivity contribution in [3.05, 3.63) is 261 Å². The Morgan fingerprint density at radius 3 is 1.21 bits per heavy atom. The summed E-state index contributed by atoms with van der Waals surface area (Å²) in [6, 6.07) is 93.3. The first-order chi connectivity index (χ1) is 37.7. The van der Waals surface area contributed by atoms with Gasteiger partial charge in [0.1, 0.15) is 0 Å². The van der Waals surface area contributed by atoms with Gasteiger partial charge >= 0.3 is 0 Å². The molecule has 0 radical (unpaired) electrons. The first-order valence-electron chi connectivity index (χ1n) is 25.8. The summed E-state index contributed by atoms with van der Waals surface area (Å²) in [7, 11) is 0. The van der Waals surface area contributed by atoms with Crippen molar-refractivity contribution in [2.45, 2.75) is 0 Å². The highest BCUT2D eigenvalue weighted by atomic mass is 15.1. The molecule has 0 aliphatic rings. The van der Waals surface area contributed by atoms with Crippen LogP contribution in [0.5, 0.6) is 0 Å². The molecule has 16 rings (SSSR count). The maximum absolute atomic E-state index is 5.42. The molecule has 0 amide bonds. The molecule has 354 valence electrons. The Bertz CT molecular complexity index is 4900. The van der Waals surface area contributed by atoms with Crippen LogP contribution in [0.2, 0.25) is 0 Å². The molecule has 0 spiro atoms. The molecule has 0 fully saturated rings. The van der Waals surface area contributed by atoms with Gasteiger partial charge in [0.05, 0.1) is 44.1 Å². The van der Waals surface area contributed by atoms with E-state index < -0.39 is 0 Å². The maximum Gasteiger partial charge on any atom is 0.166 e. The predicted octanol–water partition coefficient (Wildman–Crippen LogP) is 17.3. The zero-order valence-corrected chi connectivity index (χ0v) is 41.0. The summed E-state index contributed by atoms with van der Waals surface area (Å²) in [5.41, 5.74) is 16.1. The van der Waals surface area contributed by atoms with Crippen molar-refractivity contribution in [2.75, 3.05) is 0 Å². The van der Waals surface area contributed by atoms with Crippen LogP contribution in [0.25, 0.3) is 144 Å². The molecule has 0 N–H and O–H groups in total. The molecular formula is C69H43N7. The van der Waals surface area contributed by atoms with Crippen molar-refractivity contribution in [1.82, 2.24) is 33.2 Å². The molecule has 0 saturated heterocycles. The SMILES string of the molecule is c1ccc(-c2nc(-c3ccccc3)nc(-c3cc4c5ccccc5n(-c5ccc6c(c5)c5c(ccc7c8ccccc8n(-c8ccccc8)c75)n6-c5ccccc5)c4c4c5ccccc5n(-c5ccccc5)c34)n2)cc1. The Hall–Kier alpha value is -10.4. The van der Waals surface area contributed by atoms with Crippen molar-refractivity contribution in [3.8, 4) is 56.9 Å². The third-order valence-corrected chi connectivity index (χ3v) is 15.4. The number of hydrogen-bond acceptors (Lipinski definition) is 3. The molecule has 76 heavy (non-hydrogen) atoms. The highest BCUT2D eigenvalue weighted by Gasteiger charge is 2.28. The first-order valence-corrected chi connectivity index (χ1v) is 25.8. The second-order valence-electron chi connectivity index (χ2n) is 19.5. The van der Waals surface area contributed by atoms with Gasteiger partial charge in [0, 0.05) is 82.5 Å². The Morgan fingerprint density at radius 1 is 0.224 bits per heavy atom. The zero-order chi connectivity index (χ0) is 49.8. The van der Waals surface area contributed by atoms with Crippen LogP contribution >= 0.6 is 0 Å². The fourth-order valence-corrected chi connectivity index (χ4v) is 12.2. The van der Waals surface area contributed by atoms with Gasteiger partial charge in [0.15, 0.2) is 17.5 Å². The molecule has 7 heteroatoms. The molecule has 16 aromatic rings. The van der Waals surface area contributed by atoms with Crippen molar-refractivity contribution < 1.29 is 0 Å². The van der Waals surface area contributed by atoms with Gasteiger partial charge in [-0.25, -0.2) is 15.0 Å². The Morgan fingerprint density at radius 2 is 0.632 bits per heavy atom. The van der Waals surface area contributed by atoms with Crippen molar-refractivity contribution >= 4 is 87.2 Å². The lowest BCUT2D eigenvalue weighted by Gasteiger charge is -2.15. The third-order valence-electron chi connectivity index (χ3n) is 15.4. The van der Waals surface area contributed by atoms with Crippen LogP contribution in [-0.4, -0.2) is 33.2 Å². The first kappa shape index (κ1) is 42.2. The van der Waals surface area contributed by atoms with Crippen LogP contribution in [0.15, 0.2) is 261 Å². The minimum atomic E-state index is 0.601. The summed E-state index contributed by atoms with van der Waals surface area (Å²) in [5.74, 6) is 1.83. The van der Waals surface area contributed by atoms with Crippen molar-refractivity contribution in [1.29, 1.82) is 0 Å². The molecular weight excluding hydrogens is 927 g/mol. The standard InChI is InChI=1S/C69H43N7/c1-6-22-44(23-7-1)67-70-68(45-24-8-2-9-25-45)72-69(71-67)56-43-54-51-33-17-20-36-58(51)76(65(54)63-53-34-18-21-37-59(53)75(66(56)63)48-30-14-5-15-31-48)49-38-40-60-55(42-49)62-61(73(60)46-26-10-3-11-27-46)41-39-52-50-32-16-19-35-57(50)74(64(52)62)47-28-12-4-13-29-47/h1-43H. The summed E-state index contributed by atoms with van der Waals surface area (Å²) in [4.78, 5) is 16.0. The largest absolute Gasteiger partial charge is 0.309 e. The Balaban J connectivity index is 1.07. The van der Waals surface area contributed by atoms with Gasteiger partial charge in [-0.3, -0.25) is 0 Å². The normalized spacial score (nSPS) is 11.9. The van der Waals surface area contributed by atoms with E-state index in [0.717, 1.165) is 94.1 Å². The monoisotopic (exact) mass is 969 g/mol. The molecule has 0 aliphatic heterocycles. The predicted molar refractivity (Wildman–Crippen MR) is 313 cm³/mol. The fourth-order valence-electron chi connectivity index (χ4n) is 12.2. The van der Waals surface area contributed by atoms with Gasteiger partial charge in [-0.1, -0.05) is 176 Å². The number of nitrogens with zero attached hydrogens (tertiary/aromatic N) is 7. The van der Waals surface area contributed by atoms with E-state index in [2.05, 4.69) is 243 Å². The summed E-state index contributed by atoms with van der Waals surface area (Å²) in [5, 5.41) is 9.30. The topological polar surface area (TPSA) is 58.4 Å². The Labute approximate surface area is 436 Å². The molecule has 5 heterocycles. The molecule has 0 unspecified atom stereocenters. The van der Waals surface area contributed by atoms with Gasteiger partial charge in [0.2, 0.25) is 0 Å².